The number of halogens is 2. The van der Waals surface area contributed by atoms with Crippen molar-refractivity contribution in [3.63, 3.8) is 0 Å². The first-order valence-electron chi connectivity index (χ1n) is 6.31. The first-order valence-corrected chi connectivity index (χ1v) is 9.72. The van der Waals surface area contributed by atoms with Crippen LogP contribution in [0.3, 0.4) is 0 Å². The minimum atomic E-state index is -2.86. The number of hydrogen-bond donors (Lipinski definition) is 1. The van der Waals surface area contributed by atoms with Crippen molar-refractivity contribution in [2.24, 2.45) is 5.92 Å². The molecule has 1 aromatic rings. The highest BCUT2D eigenvalue weighted by Crippen LogP contribution is 2.36. The smallest absolute Gasteiger partial charge is 0.150 e. The molecule has 3 nitrogen and oxygen atoms in total. The molecule has 0 aromatic heterocycles. The molecule has 1 saturated heterocycles. The zero-order valence-electron chi connectivity index (χ0n) is 10.7. The van der Waals surface area contributed by atoms with Gasteiger partial charge in [0.25, 0.3) is 0 Å². The molecule has 0 spiro atoms. The summed E-state index contributed by atoms with van der Waals surface area (Å²) in [5.41, 5.74) is 1.12. The van der Waals surface area contributed by atoms with E-state index >= 15 is 0 Å². The zero-order valence-corrected chi connectivity index (χ0v) is 14.7. The Hall–Kier alpha value is 0.0900. The van der Waals surface area contributed by atoms with Crippen molar-refractivity contribution in [2.75, 3.05) is 18.1 Å². The normalized spacial score (nSPS) is 23.4. The Labute approximate surface area is 131 Å². The number of sulfone groups is 1. The van der Waals surface area contributed by atoms with Gasteiger partial charge in [0.2, 0.25) is 0 Å². The maximum absolute atomic E-state index is 11.7. The van der Waals surface area contributed by atoms with E-state index in [1.165, 1.54) is 0 Å². The van der Waals surface area contributed by atoms with Crippen molar-refractivity contribution in [2.45, 2.75) is 19.4 Å². The van der Waals surface area contributed by atoms with Crippen LogP contribution >= 0.6 is 31.9 Å². The van der Waals surface area contributed by atoms with Crippen LogP contribution in [0.1, 0.15) is 24.9 Å². The lowest BCUT2D eigenvalue weighted by Crippen LogP contribution is -2.29. The van der Waals surface area contributed by atoms with Crippen LogP contribution in [0, 0.1) is 5.92 Å². The fourth-order valence-corrected chi connectivity index (χ4v) is 5.30. The minimum Gasteiger partial charge on any atom is -0.310 e. The second-order valence-electron chi connectivity index (χ2n) is 4.86. The molecular weight excluding hydrogens is 394 g/mol. The highest BCUT2D eigenvalue weighted by atomic mass is 79.9. The number of hydrogen-bond acceptors (Lipinski definition) is 3. The van der Waals surface area contributed by atoms with Gasteiger partial charge in [0.15, 0.2) is 9.84 Å². The molecule has 1 N–H and O–H groups in total. The van der Waals surface area contributed by atoms with E-state index in [9.17, 15) is 8.42 Å². The summed E-state index contributed by atoms with van der Waals surface area (Å²) in [6, 6.07) is 6.10. The molecule has 1 fully saturated rings. The van der Waals surface area contributed by atoms with Crippen LogP contribution in [0.2, 0.25) is 0 Å². The predicted octanol–water partition coefficient (Wildman–Crippen LogP) is 3.30. The van der Waals surface area contributed by atoms with Crippen LogP contribution in [-0.2, 0) is 9.84 Å². The Bertz CT molecular complexity index is 560. The van der Waals surface area contributed by atoms with Gasteiger partial charge >= 0.3 is 0 Å². The average Bonchev–Trinajstić information content (AvgIpc) is 2.70. The maximum atomic E-state index is 11.7. The molecular formula is C13H17Br2NO2S. The van der Waals surface area contributed by atoms with Gasteiger partial charge in [-0.3, -0.25) is 0 Å². The lowest BCUT2D eigenvalue weighted by molar-refractivity contribution is 0.399. The van der Waals surface area contributed by atoms with Gasteiger partial charge in [0, 0.05) is 15.0 Å². The maximum Gasteiger partial charge on any atom is 0.150 e. The average molecular weight is 411 g/mol. The molecule has 2 unspecified atom stereocenters. The largest absolute Gasteiger partial charge is 0.310 e. The van der Waals surface area contributed by atoms with Gasteiger partial charge in [-0.25, -0.2) is 8.42 Å². The molecule has 1 heterocycles. The Kier molecular flexibility index (Phi) is 5.09. The lowest BCUT2D eigenvalue weighted by Gasteiger charge is -2.25. The van der Waals surface area contributed by atoms with E-state index in [-0.39, 0.29) is 17.7 Å². The van der Waals surface area contributed by atoms with Crippen molar-refractivity contribution in [1.29, 1.82) is 0 Å². The van der Waals surface area contributed by atoms with Crippen molar-refractivity contribution in [1.82, 2.24) is 5.32 Å². The Morgan fingerprint density at radius 3 is 2.74 bits per heavy atom. The highest BCUT2D eigenvalue weighted by molar-refractivity contribution is 9.11. The monoisotopic (exact) mass is 409 g/mol. The Morgan fingerprint density at radius 2 is 2.16 bits per heavy atom. The van der Waals surface area contributed by atoms with Gasteiger partial charge in [-0.2, -0.15) is 0 Å². The van der Waals surface area contributed by atoms with Crippen LogP contribution in [0.4, 0.5) is 0 Å². The second kappa shape index (κ2) is 6.24. The molecule has 6 heteroatoms. The summed E-state index contributed by atoms with van der Waals surface area (Å²) in [5, 5.41) is 3.43. The molecule has 0 radical (unpaired) electrons. The Morgan fingerprint density at radius 1 is 1.42 bits per heavy atom. The fraction of sp³-hybridized carbons (Fsp3) is 0.538. The van der Waals surface area contributed by atoms with Gasteiger partial charge in [0.05, 0.1) is 11.5 Å². The van der Waals surface area contributed by atoms with E-state index in [0.29, 0.717) is 5.75 Å². The topological polar surface area (TPSA) is 46.2 Å². The van der Waals surface area contributed by atoms with Crippen LogP contribution in [0.25, 0.3) is 0 Å². The molecule has 2 rings (SSSR count). The molecule has 1 aromatic carbocycles. The third-order valence-electron chi connectivity index (χ3n) is 3.46. The second-order valence-corrected chi connectivity index (χ2v) is 8.86. The first kappa shape index (κ1) is 15.5. The van der Waals surface area contributed by atoms with E-state index < -0.39 is 9.84 Å². The summed E-state index contributed by atoms with van der Waals surface area (Å²) in [4.78, 5) is 0. The molecule has 0 aliphatic carbocycles. The molecule has 19 heavy (non-hydrogen) atoms. The SMILES string of the molecule is CCNC(c1cc(Br)ccc1Br)C1CCS(=O)(=O)C1. The van der Waals surface area contributed by atoms with E-state index in [2.05, 4.69) is 43.2 Å². The summed E-state index contributed by atoms with van der Waals surface area (Å²) in [7, 11) is -2.86. The molecule has 0 bridgehead atoms. The van der Waals surface area contributed by atoms with Gasteiger partial charge in [-0.15, -0.1) is 0 Å². The zero-order chi connectivity index (χ0) is 14.0. The molecule has 106 valence electrons. The number of rotatable bonds is 4. The summed E-state index contributed by atoms with van der Waals surface area (Å²) < 4.78 is 25.4. The van der Waals surface area contributed by atoms with E-state index in [4.69, 9.17) is 0 Å². The number of nitrogens with one attached hydrogen (secondary N) is 1. The quantitative estimate of drug-likeness (QED) is 0.828. The summed E-state index contributed by atoms with van der Waals surface area (Å²) in [6.45, 7) is 2.86. The van der Waals surface area contributed by atoms with Crippen LogP contribution in [0.5, 0.6) is 0 Å². The van der Waals surface area contributed by atoms with Gasteiger partial charge in [0.1, 0.15) is 0 Å². The van der Waals surface area contributed by atoms with E-state index in [1.54, 1.807) is 0 Å². The van der Waals surface area contributed by atoms with Gasteiger partial charge in [-0.1, -0.05) is 38.8 Å². The third kappa shape index (κ3) is 3.80. The number of benzene rings is 1. The molecule has 0 amide bonds. The lowest BCUT2D eigenvalue weighted by atomic mass is 9.92. The predicted molar refractivity (Wildman–Crippen MR) is 85.0 cm³/mol. The summed E-state index contributed by atoms with van der Waals surface area (Å²) in [5.74, 6) is 0.741. The molecule has 1 aliphatic rings. The van der Waals surface area contributed by atoms with Crippen molar-refractivity contribution in [3.05, 3.63) is 32.7 Å². The third-order valence-corrected chi connectivity index (χ3v) is 6.47. The van der Waals surface area contributed by atoms with Gasteiger partial charge in [-0.05, 0) is 42.6 Å². The minimum absolute atomic E-state index is 0.0779. The van der Waals surface area contributed by atoms with Crippen molar-refractivity contribution in [3.8, 4) is 0 Å². The Balaban J connectivity index is 2.32. The molecule has 1 aliphatic heterocycles. The van der Waals surface area contributed by atoms with Crippen LogP contribution in [0.15, 0.2) is 27.1 Å². The summed E-state index contributed by atoms with van der Waals surface area (Å²) >= 11 is 7.05. The van der Waals surface area contributed by atoms with Crippen LogP contribution < -0.4 is 5.32 Å². The van der Waals surface area contributed by atoms with E-state index in [0.717, 1.165) is 27.5 Å². The molecule has 2 atom stereocenters. The highest BCUT2D eigenvalue weighted by Gasteiger charge is 2.34. The fourth-order valence-electron chi connectivity index (χ4n) is 2.59. The van der Waals surface area contributed by atoms with Crippen molar-refractivity contribution < 1.29 is 8.42 Å². The van der Waals surface area contributed by atoms with E-state index in [1.807, 2.05) is 19.1 Å². The van der Waals surface area contributed by atoms with Crippen LogP contribution in [-0.4, -0.2) is 26.5 Å². The van der Waals surface area contributed by atoms with Gasteiger partial charge < -0.3 is 5.32 Å². The van der Waals surface area contributed by atoms with Crippen molar-refractivity contribution >= 4 is 41.7 Å². The standard InChI is InChI=1S/C13H17Br2NO2S/c1-2-16-13(9-5-6-19(17,18)8-9)11-7-10(14)3-4-12(11)15/h3-4,7,9,13,16H,2,5-6,8H2,1H3. The summed E-state index contributed by atoms with van der Waals surface area (Å²) in [6.07, 6.45) is 0.735. The first-order chi connectivity index (χ1) is 8.93. The molecule has 0 saturated carbocycles.